The van der Waals surface area contributed by atoms with E-state index in [4.69, 9.17) is 9.84 Å². The SMILES string of the molecule is COC(=O)C(CC[C@H]1CCCN1C(=O)OC(C)(C)C)C(=O)O. The van der Waals surface area contributed by atoms with E-state index in [1.165, 1.54) is 7.11 Å². The normalized spacial score (nSPS) is 19.6. The molecule has 126 valence electrons. The number of amides is 1. The van der Waals surface area contributed by atoms with Gasteiger partial charge in [0.25, 0.3) is 0 Å². The van der Waals surface area contributed by atoms with E-state index >= 15 is 0 Å². The van der Waals surface area contributed by atoms with Gasteiger partial charge in [-0.15, -0.1) is 0 Å². The number of ether oxygens (including phenoxy) is 2. The van der Waals surface area contributed by atoms with Gasteiger partial charge in [0, 0.05) is 12.6 Å². The van der Waals surface area contributed by atoms with Gasteiger partial charge in [0.15, 0.2) is 5.92 Å². The van der Waals surface area contributed by atoms with Crippen molar-refractivity contribution >= 4 is 18.0 Å². The predicted molar refractivity (Wildman–Crippen MR) is 78.3 cm³/mol. The van der Waals surface area contributed by atoms with E-state index in [2.05, 4.69) is 4.74 Å². The van der Waals surface area contributed by atoms with E-state index in [1.807, 2.05) is 0 Å². The first-order chi connectivity index (χ1) is 10.2. The van der Waals surface area contributed by atoms with Gasteiger partial charge in [-0.05, 0) is 46.5 Å². The van der Waals surface area contributed by atoms with Crippen LogP contribution in [0.4, 0.5) is 4.79 Å². The number of likely N-dealkylation sites (tertiary alicyclic amines) is 1. The second kappa shape index (κ2) is 7.47. The fourth-order valence-electron chi connectivity index (χ4n) is 2.54. The van der Waals surface area contributed by atoms with Crippen LogP contribution in [-0.2, 0) is 19.1 Å². The topological polar surface area (TPSA) is 93.1 Å². The summed E-state index contributed by atoms with van der Waals surface area (Å²) in [6.45, 7) is 5.99. The van der Waals surface area contributed by atoms with Crippen LogP contribution < -0.4 is 0 Å². The number of rotatable bonds is 5. The highest BCUT2D eigenvalue weighted by atomic mass is 16.6. The van der Waals surface area contributed by atoms with Crippen LogP contribution >= 0.6 is 0 Å². The van der Waals surface area contributed by atoms with E-state index in [-0.39, 0.29) is 18.6 Å². The summed E-state index contributed by atoms with van der Waals surface area (Å²) in [6.07, 6.45) is 1.82. The third-order valence-electron chi connectivity index (χ3n) is 3.58. The second-order valence-corrected chi connectivity index (χ2v) is 6.46. The zero-order valence-electron chi connectivity index (χ0n) is 13.6. The van der Waals surface area contributed by atoms with Gasteiger partial charge < -0.3 is 19.5 Å². The summed E-state index contributed by atoms with van der Waals surface area (Å²) in [5.41, 5.74) is -0.570. The fraction of sp³-hybridized carbons (Fsp3) is 0.800. The van der Waals surface area contributed by atoms with Crippen molar-refractivity contribution in [2.75, 3.05) is 13.7 Å². The average molecular weight is 315 g/mol. The summed E-state index contributed by atoms with van der Waals surface area (Å²) in [4.78, 5) is 36.3. The lowest BCUT2D eigenvalue weighted by atomic mass is 9.99. The minimum Gasteiger partial charge on any atom is -0.481 e. The summed E-state index contributed by atoms with van der Waals surface area (Å²) in [7, 11) is 1.17. The van der Waals surface area contributed by atoms with Gasteiger partial charge in [-0.25, -0.2) is 4.79 Å². The lowest BCUT2D eigenvalue weighted by Gasteiger charge is -2.29. The molecule has 1 aliphatic heterocycles. The van der Waals surface area contributed by atoms with Gasteiger partial charge in [0.05, 0.1) is 7.11 Å². The number of methoxy groups -OCH3 is 1. The monoisotopic (exact) mass is 315 g/mol. The Morgan fingerprint density at radius 1 is 1.32 bits per heavy atom. The third kappa shape index (κ3) is 5.20. The van der Waals surface area contributed by atoms with Gasteiger partial charge in [0.2, 0.25) is 0 Å². The first kappa shape index (κ1) is 18.3. The number of nitrogens with zero attached hydrogens (tertiary/aromatic N) is 1. The predicted octanol–water partition coefficient (Wildman–Crippen LogP) is 2.04. The summed E-state index contributed by atoms with van der Waals surface area (Å²) in [6, 6.07) is -0.0960. The Balaban J connectivity index is 2.62. The van der Waals surface area contributed by atoms with Crippen LogP contribution in [0.2, 0.25) is 0 Å². The van der Waals surface area contributed by atoms with Gasteiger partial charge >= 0.3 is 18.0 Å². The number of carbonyl (C=O) groups is 3. The van der Waals surface area contributed by atoms with Crippen molar-refractivity contribution in [3.63, 3.8) is 0 Å². The number of aliphatic carboxylic acids is 1. The molecular weight excluding hydrogens is 290 g/mol. The van der Waals surface area contributed by atoms with Crippen LogP contribution in [0.1, 0.15) is 46.5 Å². The summed E-state index contributed by atoms with van der Waals surface area (Å²) in [5.74, 6) is -3.14. The minimum atomic E-state index is -1.20. The first-order valence-electron chi connectivity index (χ1n) is 7.46. The van der Waals surface area contributed by atoms with E-state index in [0.717, 1.165) is 12.8 Å². The highest BCUT2D eigenvalue weighted by Crippen LogP contribution is 2.25. The largest absolute Gasteiger partial charge is 0.481 e. The quantitative estimate of drug-likeness (QED) is 0.616. The molecule has 1 saturated heterocycles. The Bertz CT molecular complexity index is 428. The van der Waals surface area contributed by atoms with Crippen LogP contribution in [0.3, 0.4) is 0 Å². The van der Waals surface area contributed by atoms with Crippen LogP contribution in [0.25, 0.3) is 0 Å². The van der Waals surface area contributed by atoms with Gasteiger partial charge in [-0.2, -0.15) is 0 Å². The number of carbonyl (C=O) groups excluding carboxylic acids is 2. The van der Waals surface area contributed by atoms with Gasteiger partial charge in [-0.3, -0.25) is 9.59 Å². The molecule has 2 atom stereocenters. The molecule has 0 aromatic heterocycles. The van der Waals surface area contributed by atoms with Crippen molar-refractivity contribution in [2.24, 2.45) is 5.92 Å². The molecule has 7 nitrogen and oxygen atoms in total. The second-order valence-electron chi connectivity index (χ2n) is 6.46. The van der Waals surface area contributed by atoms with Crippen LogP contribution in [0.15, 0.2) is 0 Å². The van der Waals surface area contributed by atoms with Crippen molar-refractivity contribution in [3.05, 3.63) is 0 Å². The molecule has 0 bridgehead atoms. The molecule has 22 heavy (non-hydrogen) atoms. The zero-order chi connectivity index (χ0) is 16.9. The number of carboxylic acid groups (broad SMARTS) is 1. The number of esters is 1. The van der Waals surface area contributed by atoms with Gasteiger partial charge in [0.1, 0.15) is 5.60 Å². The molecule has 1 unspecified atom stereocenters. The minimum absolute atomic E-state index is 0.0960. The number of hydrogen-bond acceptors (Lipinski definition) is 5. The third-order valence-corrected chi connectivity index (χ3v) is 3.58. The summed E-state index contributed by atoms with van der Waals surface area (Å²) < 4.78 is 9.86. The van der Waals surface area contributed by atoms with Crippen molar-refractivity contribution in [2.45, 2.75) is 58.1 Å². The zero-order valence-corrected chi connectivity index (χ0v) is 13.6. The summed E-state index contributed by atoms with van der Waals surface area (Å²) >= 11 is 0. The molecule has 0 saturated carbocycles. The molecule has 0 aliphatic carbocycles. The lowest BCUT2D eigenvalue weighted by Crippen LogP contribution is -2.40. The van der Waals surface area contributed by atoms with Crippen LogP contribution in [0.5, 0.6) is 0 Å². The maximum Gasteiger partial charge on any atom is 0.410 e. The van der Waals surface area contributed by atoms with E-state index in [1.54, 1.807) is 25.7 Å². The summed E-state index contributed by atoms with van der Waals surface area (Å²) in [5, 5.41) is 9.07. The molecular formula is C15H25NO6. The maximum atomic E-state index is 12.1. The maximum absolute atomic E-state index is 12.1. The van der Waals surface area contributed by atoms with E-state index in [9.17, 15) is 14.4 Å². The highest BCUT2D eigenvalue weighted by Gasteiger charge is 2.34. The van der Waals surface area contributed by atoms with Crippen LogP contribution in [-0.4, -0.2) is 53.3 Å². The van der Waals surface area contributed by atoms with E-state index < -0.39 is 23.5 Å². The Kier molecular flexibility index (Phi) is 6.20. The average Bonchev–Trinajstić information content (AvgIpc) is 2.84. The van der Waals surface area contributed by atoms with Crippen LogP contribution in [0, 0.1) is 5.92 Å². The molecule has 0 radical (unpaired) electrons. The Morgan fingerprint density at radius 3 is 2.45 bits per heavy atom. The van der Waals surface area contributed by atoms with Crippen molar-refractivity contribution in [3.8, 4) is 0 Å². The smallest absolute Gasteiger partial charge is 0.410 e. The lowest BCUT2D eigenvalue weighted by molar-refractivity contribution is -0.157. The Hall–Kier alpha value is -1.79. The van der Waals surface area contributed by atoms with Gasteiger partial charge in [-0.1, -0.05) is 0 Å². The molecule has 1 N–H and O–H groups in total. The molecule has 1 heterocycles. The van der Waals surface area contributed by atoms with Crippen molar-refractivity contribution in [1.82, 2.24) is 4.90 Å². The van der Waals surface area contributed by atoms with E-state index in [0.29, 0.717) is 13.0 Å². The highest BCUT2D eigenvalue weighted by molar-refractivity contribution is 5.93. The molecule has 1 rings (SSSR count). The van der Waals surface area contributed by atoms with Crippen molar-refractivity contribution in [1.29, 1.82) is 0 Å². The standard InChI is InChI=1S/C15H25NO6/c1-15(2,3)22-14(20)16-9-5-6-10(16)7-8-11(12(17)18)13(19)21-4/h10-11H,5-9H2,1-4H3,(H,17,18)/t10-,11?/m1/s1. The number of hydrogen-bond donors (Lipinski definition) is 1. The molecule has 1 fully saturated rings. The first-order valence-corrected chi connectivity index (χ1v) is 7.46. The Labute approximate surface area is 130 Å². The molecule has 1 amide bonds. The number of carboxylic acids is 1. The molecule has 1 aliphatic rings. The molecule has 0 aromatic rings. The fourth-order valence-corrected chi connectivity index (χ4v) is 2.54. The molecule has 0 spiro atoms. The molecule has 0 aromatic carbocycles. The Morgan fingerprint density at radius 2 is 1.95 bits per heavy atom. The molecule has 7 heteroatoms. The van der Waals surface area contributed by atoms with Crippen molar-refractivity contribution < 1.29 is 29.0 Å².